The molecule has 0 saturated heterocycles. The van der Waals surface area contributed by atoms with Crippen LogP contribution in [0.3, 0.4) is 0 Å². The number of sulfone groups is 1. The highest BCUT2D eigenvalue weighted by atomic mass is 32.2. The van der Waals surface area contributed by atoms with E-state index in [0.29, 0.717) is 12.1 Å². The van der Waals surface area contributed by atoms with Gasteiger partial charge in [0, 0.05) is 11.8 Å². The fourth-order valence-electron chi connectivity index (χ4n) is 2.44. The van der Waals surface area contributed by atoms with Crippen LogP contribution in [0.15, 0.2) is 53.4 Å². The normalized spacial score (nSPS) is 12.9. The van der Waals surface area contributed by atoms with Crippen LogP contribution in [0, 0.1) is 0 Å². The molecule has 0 radical (unpaired) electrons. The number of hydrogen-bond acceptors (Lipinski definition) is 4. The van der Waals surface area contributed by atoms with E-state index in [2.05, 4.69) is 10.1 Å². The minimum atomic E-state index is -4.89. The van der Waals surface area contributed by atoms with Gasteiger partial charge in [-0.3, -0.25) is 0 Å². The van der Waals surface area contributed by atoms with Crippen molar-refractivity contribution >= 4 is 9.84 Å². The fraction of sp³-hybridized carbons (Fsp3) is 0.176. The van der Waals surface area contributed by atoms with Crippen molar-refractivity contribution in [3.63, 3.8) is 0 Å². The Labute approximate surface area is 160 Å². The monoisotopic (exact) mass is 435 g/mol. The molecule has 0 N–H and O–H groups in total. The molecule has 0 atom stereocenters. The zero-order chi connectivity index (χ0) is 21.6. The van der Waals surface area contributed by atoms with Crippen LogP contribution in [-0.4, -0.2) is 29.4 Å². The molecule has 12 heteroatoms. The number of rotatable bonds is 3. The van der Waals surface area contributed by atoms with Gasteiger partial charge in [0.15, 0.2) is 15.7 Å². The third kappa shape index (κ3) is 4.42. The molecule has 0 aliphatic carbocycles. The lowest BCUT2D eigenvalue weighted by Gasteiger charge is -2.09. The van der Waals surface area contributed by atoms with Gasteiger partial charge in [-0.05, 0) is 36.4 Å². The Morgan fingerprint density at radius 2 is 1.38 bits per heavy atom. The van der Waals surface area contributed by atoms with Gasteiger partial charge in [-0.1, -0.05) is 12.1 Å². The van der Waals surface area contributed by atoms with Gasteiger partial charge >= 0.3 is 12.4 Å². The highest BCUT2D eigenvalue weighted by Gasteiger charge is 2.37. The Morgan fingerprint density at radius 3 is 1.83 bits per heavy atom. The van der Waals surface area contributed by atoms with Crippen LogP contribution in [0.2, 0.25) is 0 Å². The zero-order valence-corrected chi connectivity index (χ0v) is 15.3. The SMILES string of the molecule is CS(=O)(=O)c1ccc(-n2nc(C(F)(F)F)nc2-c2ccc(C(F)(F)F)cc2)cc1. The van der Waals surface area contributed by atoms with E-state index in [-0.39, 0.29) is 22.0 Å². The van der Waals surface area contributed by atoms with Crippen molar-refractivity contribution in [1.82, 2.24) is 14.8 Å². The largest absolute Gasteiger partial charge is 0.453 e. The van der Waals surface area contributed by atoms with Crippen molar-refractivity contribution in [2.24, 2.45) is 0 Å². The smallest absolute Gasteiger partial charge is 0.224 e. The Balaban J connectivity index is 2.13. The maximum atomic E-state index is 13.1. The number of nitrogens with zero attached hydrogens (tertiary/aromatic N) is 3. The third-order valence-corrected chi connectivity index (χ3v) is 4.97. The summed E-state index contributed by atoms with van der Waals surface area (Å²) < 4.78 is 101. The highest BCUT2D eigenvalue weighted by molar-refractivity contribution is 7.90. The van der Waals surface area contributed by atoms with Crippen molar-refractivity contribution in [1.29, 1.82) is 0 Å². The van der Waals surface area contributed by atoms with Crippen LogP contribution in [0.5, 0.6) is 0 Å². The summed E-state index contributed by atoms with van der Waals surface area (Å²) in [5.74, 6) is -1.84. The van der Waals surface area contributed by atoms with Gasteiger partial charge in [-0.25, -0.2) is 18.1 Å². The Bertz CT molecular complexity index is 1130. The lowest BCUT2D eigenvalue weighted by atomic mass is 10.1. The van der Waals surface area contributed by atoms with Gasteiger partial charge in [0.1, 0.15) is 0 Å². The number of alkyl halides is 6. The van der Waals surface area contributed by atoms with Crippen LogP contribution in [0.1, 0.15) is 11.4 Å². The van der Waals surface area contributed by atoms with E-state index >= 15 is 0 Å². The summed E-state index contributed by atoms with van der Waals surface area (Å²) >= 11 is 0. The van der Waals surface area contributed by atoms with Gasteiger partial charge in [0.2, 0.25) is 0 Å². The van der Waals surface area contributed by atoms with Crippen LogP contribution < -0.4 is 0 Å². The summed E-state index contributed by atoms with van der Waals surface area (Å²) in [6.45, 7) is 0. The first-order chi connectivity index (χ1) is 13.3. The first kappa shape index (κ1) is 20.8. The van der Waals surface area contributed by atoms with E-state index < -0.39 is 33.6 Å². The summed E-state index contributed by atoms with van der Waals surface area (Å²) in [6, 6.07) is 8.19. The molecule has 1 heterocycles. The third-order valence-electron chi connectivity index (χ3n) is 3.84. The van der Waals surface area contributed by atoms with Gasteiger partial charge in [0.25, 0.3) is 5.82 Å². The molecule has 1 aromatic heterocycles. The van der Waals surface area contributed by atoms with Crippen molar-refractivity contribution < 1.29 is 34.8 Å². The van der Waals surface area contributed by atoms with Crippen molar-refractivity contribution in [3.05, 3.63) is 59.9 Å². The Morgan fingerprint density at radius 1 is 0.828 bits per heavy atom. The molecule has 29 heavy (non-hydrogen) atoms. The predicted molar refractivity (Wildman–Crippen MR) is 89.9 cm³/mol. The number of benzene rings is 2. The lowest BCUT2D eigenvalue weighted by molar-refractivity contribution is -0.144. The van der Waals surface area contributed by atoms with Gasteiger partial charge in [0.05, 0.1) is 16.1 Å². The van der Waals surface area contributed by atoms with Crippen LogP contribution >= 0.6 is 0 Å². The Hall–Kier alpha value is -2.89. The van der Waals surface area contributed by atoms with Crippen molar-refractivity contribution in [3.8, 4) is 17.1 Å². The molecule has 0 unspecified atom stereocenters. The maximum absolute atomic E-state index is 13.1. The zero-order valence-electron chi connectivity index (χ0n) is 14.5. The number of hydrogen-bond donors (Lipinski definition) is 0. The molecular formula is C17H11F6N3O2S. The van der Waals surface area contributed by atoms with E-state index in [9.17, 15) is 34.8 Å². The summed E-state index contributed by atoms with van der Waals surface area (Å²) in [5.41, 5.74) is -0.954. The molecule has 154 valence electrons. The molecule has 0 amide bonds. The molecule has 0 bridgehead atoms. The quantitative estimate of drug-likeness (QED) is 0.573. The minimum absolute atomic E-state index is 0.0341. The summed E-state index contributed by atoms with van der Waals surface area (Å²) in [7, 11) is -3.53. The average Bonchev–Trinajstić information content (AvgIpc) is 3.06. The van der Waals surface area contributed by atoms with Gasteiger partial charge < -0.3 is 0 Å². The van der Waals surface area contributed by atoms with Crippen LogP contribution in [0.4, 0.5) is 26.3 Å². The molecule has 3 aromatic rings. The number of halogens is 6. The average molecular weight is 435 g/mol. The van der Waals surface area contributed by atoms with Crippen molar-refractivity contribution in [2.45, 2.75) is 17.2 Å². The molecular weight excluding hydrogens is 424 g/mol. The van der Waals surface area contributed by atoms with Crippen molar-refractivity contribution in [2.75, 3.05) is 6.26 Å². The molecule has 3 rings (SSSR count). The van der Waals surface area contributed by atoms with E-state index in [0.717, 1.165) is 23.1 Å². The molecule has 0 saturated carbocycles. The molecule has 2 aromatic carbocycles. The van der Waals surface area contributed by atoms with E-state index in [4.69, 9.17) is 0 Å². The molecule has 0 aliphatic rings. The molecule has 0 aliphatic heterocycles. The van der Waals surface area contributed by atoms with E-state index in [1.54, 1.807) is 0 Å². The number of aromatic nitrogens is 3. The maximum Gasteiger partial charge on any atom is 0.453 e. The van der Waals surface area contributed by atoms with E-state index in [1.807, 2.05) is 0 Å². The minimum Gasteiger partial charge on any atom is -0.224 e. The lowest BCUT2D eigenvalue weighted by Crippen LogP contribution is -2.08. The second-order valence-electron chi connectivity index (χ2n) is 6.01. The van der Waals surface area contributed by atoms with Crippen LogP contribution in [-0.2, 0) is 22.2 Å². The Kier molecular flexibility index (Phi) is 4.93. The second-order valence-corrected chi connectivity index (χ2v) is 8.03. The molecule has 0 fully saturated rings. The predicted octanol–water partition coefficient (Wildman–Crippen LogP) is 4.38. The first-order valence-electron chi connectivity index (χ1n) is 7.79. The summed E-state index contributed by atoms with van der Waals surface area (Å²) in [6.07, 6.45) is -8.53. The highest BCUT2D eigenvalue weighted by Crippen LogP contribution is 2.33. The van der Waals surface area contributed by atoms with Crippen LogP contribution in [0.25, 0.3) is 17.1 Å². The first-order valence-corrected chi connectivity index (χ1v) is 9.68. The molecule has 0 spiro atoms. The standard InChI is InChI=1S/C17H11F6N3O2S/c1-29(27,28)13-8-6-12(7-9-13)26-14(24-15(25-26)17(21,22)23)10-2-4-11(5-3-10)16(18,19)20/h2-9H,1H3. The molecule has 5 nitrogen and oxygen atoms in total. The van der Waals surface area contributed by atoms with Gasteiger partial charge in [-0.2, -0.15) is 26.3 Å². The fourth-order valence-corrected chi connectivity index (χ4v) is 3.07. The second kappa shape index (κ2) is 6.87. The summed E-state index contributed by atoms with van der Waals surface area (Å²) in [4.78, 5) is 3.36. The van der Waals surface area contributed by atoms with E-state index in [1.165, 1.54) is 24.3 Å². The van der Waals surface area contributed by atoms with Gasteiger partial charge in [-0.15, -0.1) is 5.10 Å². The summed E-state index contributed by atoms with van der Waals surface area (Å²) in [5, 5.41) is 3.40. The topological polar surface area (TPSA) is 64.8 Å².